The minimum absolute atomic E-state index is 0.371. The standard InChI is InChI=1S/C15H21F2NO/c1-11(18-13-6-8-19-9-7-13)2-3-12-4-5-14(16)15(17)10-12/h4-5,10-11,13,18H,2-3,6-9H2,1H3. The Kier molecular flexibility index (Phi) is 5.28. The van der Waals surface area contributed by atoms with Gasteiger partial charge in [0.15, 0.2) is 11.6 Å². The van der Waals surface area contributed by atoms with Crippen molar-refractivity contribution in [2.24, 2.45) is 0 Å². The molecule has 0 aliphatic carbocycles. The Labute approximate surface area is 113 Å². The van der Waals surface area contributed by atoms with Crippen LogP contribution in [0.4, 0.5) is 8.78 Å². The molecule has 106 valence electrons. The molecule has 1 N–H and O–H groups in total. The number of ether oxygens (including phenoxy) is 1. The molecule has 1 heterocycles. The molecule has 19 heavy (non-hydrogen) atoms. The maximum atomic E-state index is 13.1. The highest BCUT2D eigenvalue weighted by Crippen LogP contribution is 2.13. The van der Waals surface area contributed by atoms with Crippen LogP contribution in [0.2, 0.25) is 0 Å². The van der Waals surface area contributed by atoms with Crippen molar-refractivity contribution in [1.29, 1.82) is 0 Å². The fourth-order valence-corrected chi connectivity index (χ4v) is 2.43. The van der Waals surface area contributed by atoms with Gasteiger partial charge < -0.3 is 10.1 Å². The summed E-state index contributed by atoms with van der Waals surface area (Å²) >= 11 is 0. The van der Waals surface area contributed by atoms with Crippen LogP contribution < -0.4 is 5.32 Å². The lowest BCUT2D eigenvalue weighted by molar-refractivity contribution is 0.0752. The van der Waals surface area contributed by atoms with Gasteiger partial charge in [-0.2, -0.15) is 0 Å². The first-order valence-corrected chi connectivity index (χ1v) is 6.93. The van der Waals surface area contributed by atoms with Crippen molar-refractivity contribution in [2.75, 3.05) is 13.2 Å². The van der Waals surface area contributed by atoms with Gasteiger partial charge in [-0.3, -0.25) is 0 Å². The summed E-state index contributed by atoms with van der Waals surface area (Å²) in [5.74, 6) is -1.54. The van der Waals surface area contributed by atoms with E-state index in [0.717, 1.165) is 44.5 Å². The molecule has 0 radical (unpaired) electrons. The van der Waals surface area contributed by atoms with Gasteiger partial charge >= 0.3 is 0 Å². The van der Waals surface area contributed by atoms with E-state index in [0.29, 0.717) is 12.1 Å². The SMILES string of the molecule is CC(CCc1ccc(F)c(F)c1)NC1CCOCC1. The Morgan fingerprint density at radius 3 is 2.68 bits per heavy atom. The first kappa shape index (κ1) is 14.4. The van der Waals surface area contributed by atoms with E-state index in [2.05, 4.69) is 12.2 Å². The molecule has 0 aromatic heterocycles. The van der Waals surface area contributed by atoms with Gasteiger partial charge in [-0.25, -0.2) is 8.78 Å². The number of nitrogens with one attached hydrogen (secondary N) is 1. The number of benzene rings is 1. The van der Waals surface area contributed by atoms with E-state index in [1.807, 2.05) is 0 Å². The number of hydrogen-bond donors (Lipinski definition) is 1. The van der Waals surface area contributed by atoms with Crippen LogP contribution in [0, 0.1) is 11.6 Å². The van der Waals surface area contributed by atoms with Crippen molar-refractivity contribution in [1.82, 2.24) is 5.32 Å². The van der Waals surface area contributed by atoms with Gasteiger partial charge in [0, 0.05) is 25.3 Å². The molecular formula is C15H21F2NO. The zero-order chi connectivity index (χ0) is 13.7. The Bertz CT molecular complexity index is 405. The van der Waals surface area contributed by atoms with Crippen LogP contribution in [-0.2, 0) is 11.2 Å². The highest BCUT2D eigenvalue weighted by molar-refractivity contribution is 5.17. The topological polar surface area (TPSA) is 21.3 Å². The molecule has 0 bridgehead atoms. The molecule has 0 spiro atoms. The van der Waals surface area contributed by atoms with Crippen LogP contribution in [0.15, 0.2) is 18.2 Å². The summed E-state index contributed by atoms with van der Waals surface area (Å²) in [5, 5.41) is 3.57. The second-order valence-electron chi connectivity index (χ2n) is 5.24. The van der Waals surface area contributed by atoms with Crippen molar-refractivity contribution >= 4 is 0 Å². The predicted molar refractivity (Wildman–Crippen MR) is 71.1 cm³/mol. The Morgan fingerprint density at radius 1 is 1.26 bits per heavy atom. The summed E-state index contributed by atoms with van der Waals surface area (Å²) in [7, 11) is 0. The van der Waals surface area contributed by atoms with Gasteiger partial charge in [0.2, 0.25) is 0 Å². The summed E-state index contributed by atoms with van der Waals surface area (Å²) in [4.78, 5) is 0. The van der Waals surface area contributed by atoms with Gasteiger partial charge in [0.05, 0.1) is 0 Å². The van der Waals surface area contributed by atoms with Crippen molar-refractivity contribution in [3.05, 3.63) is 35.4 Å². The molecule has 1 aromatic rings. The molecular weight excluding hydrogens is 248 g/mol. The number of rotatable bonds is 5. The van der Waals surface area contributed by atoms with Gasteiger partial charge in [0.1, 0.15) is 0 Å². The van der Waals surface area contributed by atoms with Crippen LogP contribution in [0.25, 0.3) is 0 Å². The number of halogens is 2. The van der Waals surface area contributed by atoms with Crippen LogP contribution in [0.3, 0.4) is 0 Å². The second-order valence-corrected chi connectivity index (χ2v) is 5.24. The molecule has 1 saturated heterocycles. The maximum absolute atomic E-state index is 13.1. The minimum atomic E-state index is -0.780. The number of hydrogen-bond acceptors (Lipinski definition) is 2. The van der Waals surface area contributed by atoms with E-state index in [1.165, 1.54) is 12.1 Å². The summed E-state index contributed by atoms with van der Waals surface area (Å²) < 4.78 is 31.2. The Hall–Kier alpha value is -1.00. The first-order chi connectivity index (χ1) is 9.15. The zero-order valence-corrected chi connectivity index (χ0v) is 11.3. The summed E-state index contributed by atoms with van der Waals surface area (Å²) in [6.07, 6.45) is 3.78. The Morgan fingerprint density at radius 2 is 2.00 bits per heavy atom. The maximum Gasteiger partial charge on any atom is 0.159 e. The quantitative estimate of drug-likeness (QED) is 0.887. The van der Waals surface area contributed by atoms with E-state index in [-0.39, 0.29) is 0 Å². The third-order valence-electron chi connectivity index (χ3n) is 3.59. The van der Waals surface area contributed by atoms with E-state index >= 15 is 0 Å². The van der Waals surface area contributed by atoms with E-state index in [1.54, 1.807) is 6.07 Å². The van der Waals surface area contributed by atoms with E-state index in [4.69, 9.17) is 4.74 Å². The Balaban J connectivity index is 1.75. The summed E-state index contributed by atoms with van der Waals surface area (Å²) in [5.41, 5.74) is 0.847. The van der Waals surface area contributed by atoms with Crippen molar-refractivity contribution in [3.8, 4) is 0 Å². The van der Waals surface area contributed by atoms with Crippen LogP contribution in [-0.4, -0.2) is 25.3 Å². The normalized spacial score (nSPS) is 18.5. The third kappa shape index (κ3) is 4.55. The molecule has 0 saturated carbocycles. The lowest BCUT2D eigenvalue weighted by atomic mass is 10.0. The molecule has 1 fully saturated rings. The molecule has 0 amide bonds. The van der Waals surface area contributed by atoms with Gasteiger partial charge in [-0.15, -0.1) is 0 Å². The molecule has 2 nitrogen and oxygen atoms in total. The highest BCUT2D eigenvalue weighted by Gasteiger charge is 2.15. The monoisotopic (exact) mass is 269 g/mol. The van der Waals surface area contributed by atoms with E-state index in [9.17, 15) is 8.78 Å². The van der Waals surface area contributed by atoms with Crippen LogP contribution in [0.5, 0.6) is 0 Å². The van der Waals surface area contributed by atoms with Gasteiger partial charge in [-0.1, -0.05) is 6.07 Å². The second kappa shape index (κ2) is 6.96. The number of aryl methyl sites for hydroxylation is 1. The molecule has 4 heteroatoms. The summed E-state index contributed by atoms with van der Waals surface area (Å²) in [6, 6.07) is 5.03. The van der Waals surface area contributed by atoms with Gasteiger partial charge in [-0.05, 0) is 50.3 Å². The predicted octanol–water partition coefficient (Wildman–Crippen LogP) is 3.05. The van der Waals surface area contributed by atoms with Crippen molar-refractivity contribution in [3.63, 3.8) is 0 Å². The molecule has 1 atom stereocenters. The zero-order valence-electron chi connectivity index (χ0n) is 11.3. The average Bonchev–Trinajstić information content (AvgIpc) is 2.41. The van der Waals surface area contributed by atoms with Crippen LogP contribution in [0.1, 0.15) is 31.7 Å². The molecule has 1 unspecified atom stereocenters. The molecule has 1 aromatic carbocycles. The van der Waals surface area contributed by atoms with Crippen molar-refractivity contribution < 1.29 is 13.5 Å². The molecule has 1 aliphatic heterocycles. The van der Waals surface area contributed by atoms with E-state index < -0.39 is 11.6 Å². The minimum Gasteiger partial charge on any atom is -0.381 e. The summed E-state index contributed by atoms with van der Waals surface area (Å²) in [6.45, 7) is 3.79. The molecule has 2 rings (SSSR count). The van der Waals surface area contributed by atoms with Crippen molar-refractivity contribution in [2.45, 2.75) is 44.7 Å². The third-order valence-corrected chi connectivity index (χ3v) is 3.59. The lowest BCUT2D eigenvalue weighted by Crippen LogP contribution is -2.40. The molecule has 1 aliphatic rings. The first-order valence-electron chi connectivity index (χ1n) is 6.93. The largest absolute Gasteiger partial charge is 0.381 e. The smallest absolute Gasteiger partial charge is 0.159 e. The van der Waals surface area contributed by atoms with Crippen LogP contribution >= 0.6 is 0 Å². The lowest BCUT2D eigenvalue weighted by Gasteiger charge is -2.26. The van der Waals surface area contributed by atoms with Gasteiger partial charge in [0.25, 0.3) is 0 Å². The fraction of sp³-hybridized carbons (Fsp3) is 0.600. The highest BCUT2D eigenvalue weighted by atomic mass is 19.2. The average molecular weight is 269 g/mol. The fourth-order valence-electron chi connectivity index (χ4n) is 2.43.